The summed E-state index contributed by atoms with van der Waals surface area (Å²) in [4.78, 5) is 16.9. The van der Waals surface area contributed by atoms with Gasteiger partial charge in [0.2, 0.25) is 5.91 Å². The maximum Gasteiger partial charge on any atom is 0.224 e. The minimum atomic E-state index is -0.291. The number of rotatable bonds is 8. The van der Waals surface area contributed by atoms with E-state index in [1.807, 2.05) is 12.1 Å². The Balaban J connectivity index is 1.37. The first-order chi connectivity index (χ1) is 13.6. The van der Waals surface area contributed by atoms with Gasteiger partial charge in [0.25, 0.3) is 0 Å². The number of nitrogens with zero attached hydrogens (tertiary/aromatic N) is 2. The lowest BCUT2D eigenvalue weighted by Gasteiger charge is -2.35. The topological polar surface area (TPSA) is 44.8 Å². The van der Waals surface area contributed by atoms with Gasteiger partial charge in [-0.05, 0) is 61.5 Å². The molecular formula is C22H28FN3O2. The summed E-state index contributed by atoms with van der Waals surface area (Å²) < 4.78 is 18.3. The van der Waals surface area contributed by atoms with Crippen molar-refractivity contribution in [3.63, 3.8) is 0 Å². The molecule has 150 valence electrons. The van der Waals surface area contributed by atoms with E-state index >= 15 is 0 Å². The zero-order chi connectivity index (χ0) is 19.8. The Morgan fingerprint density at radius 2 is 1.71 bits per heavy atom. The van der Waals surface area contributed by atoms with Crippen LogP contribution >= 0.6 is 0 Å². The molecule has 1 aliphatic heterocycles. The number of likely N-dealkylation sites (N-methyl/N-ethyl adjacent to an activating group) is 1. The van der Waals surface area contributed by atoms with Gasteiger partial charge in [0, 0.05) is 44.0 Å². The first kappa shape index (κ1) is 20.1. The van der Waals surface area contributed by atoms with Crippen LogP contribution in [0.15, 0.2) is 48.5 Å². The molecule has 3 rings (SSSR count). The summed E-state index contributed by atoms with van der Waals surface area (Å²) in [7, 11) is 0. The molecule has 2 aromatic carbocycles. The van der Waals surface area contributed by atoms with Gasteiger partial charge in [-0.1, -0.05) is 6.92 Å². The average molecular weight is 385 g/mol. The van der Waals surface area contributed by atoms with Crippen LogP contribution in [-0.2, 0) is 4.79 Å². The van der Waals surface area contributed by atoms with Gasteiger partial charge >= 0.3 is 0 Å². The second-order valence-electron chi connectivity index (χ2n) is 6.92. The van der Waals surface area contributed by atoms with Crippen LogP contribution in [-0.4, -0.2) is 50.1 Å². The van der Waals surface area contributed by atoms with Crippen molar-refractivity contribution in [2.75, 3.05) is 49.5 Å². The third-order valence-electron chi connectivity index (χ3n) is 4.97. The summed E-state index contributed by atoms with van der Waals surface area (Å²) in [6.45, 7) is 7.97. The van der Waals surface area contributed by atoms with Gasteiger partial charge in [0.1, 0.15) is 11.6 Å². The van der Waals surface area contributed by atoms with Gasteiger partial charge < -0.3 is 19.9 Å². The SMILES string of the molecule is CCN1CCN(c2ccc(NC(=O)CCCOc3ccc(F)cc3)cc2)CC1. The standard InChI is InChI=1S/C22H28FN3O2/c1-2-25-13-15-26(16-14-25)20-9-7-19(8-10-20)24-22(27)4-3-17-28-21-11-5-18(23)6-12-21/h5-12H,2-4,13-17H2,1H3,(H,24,27). The number of carbonyl (C=O) groups is 1. The molecule has 1 fully saturated rings. The maximum absolute atomic E-state index is 12.8. The number of amides is 1. The summed E-state index contributed by atoms with van der Waals surface area (Å²) in [5.41, 5.74) is 2.00. The fourth-order valence-electron chi connectivity index (χ4n) is 3.25. The van der Waals surface area contributed by atoms with Crippen LogP contribution in [0.3, 0.4) is 0 Å². The van der Waals surface area contributed by atoms with Crippen LogP contribution in [0.5, 0.6) is 5.75 Å². The quantitative estimate of drug-likeness (QED) is 0.703. The van der Waals surface area contributed by atoms with Gasteiger partial charge in [0.15, 0.2) is 0 Å². The Morgan fingerprint density at radius 3 is 2.36 bits per heavy atom. The number of nitrogens with one attached hydrogen (secondary N) is 1. The number of halogens is 1. The smallest absolute Gasteiger partial charge is 0.224 e. The summed E-state index contributed by atoms with van der Waals surface area (Å²) in [6.07, 6.45) is 0.977. The van der Waals surface area contributed by atoms with Gasteiger partial charge in [0.05, 0.1) is 6.61 Å². The molecule has 1 saturated heterocycles. The highest BCUT2D eigenvalue weighted by Crippen LogP contribution is 2.20. The number of benzene rings is 2. The number of piperazine rings is 1. The van der Waals surface area contributed by atoms with E-state index in [-0.39, 0.29) is 11.7 Å². The Bertz CT molecular complexity index is 741. The highest BCUT2D eigenvalue weighted by atomic mass is 19.1. The van der Waals surface area contributed by atoms with E-state index < -0.39 is 0 Å². The van der Waals surface area contributed by atoms with Crippen molar-refractivity contribution >= 4 is 17.3 Å². The molecule has 0 unspecified atom stereocenters. The predicted octanol–water partition coefficient (Wildman–Crippen LogP) is 3.77. The van der Waals surface area contributed by atoms with Crippen molar-refractivity contribution in [1.29, 1.82) is 0 Å². The molecule has 0 atom stereocenters. The largest absolute Gasteiger partial charge is 0.494 e. The van der Waals surface area contributed by atoms with E-state index in [0.717, 1.165) is 38.4 Å². The summed E-state index contributed by atoms with van der Waals surface area (Å²) in [6, 6.07) is 13.9. The van der Waals surface area contributed by atoms with Gasteiger partial charge in [-0.2, -0.15) is 0 Å². The number of carbonyl (C=O) groups excluding carboxylic acids is 1. The van der Waals surface area contributed by atoms with Gasteiger partial charge in [-0.3, -0.25) is 4.79 Å². The molecule has 1 amide bonds. The lowest BCUT2D eigenvalue weighted by Crippen LogP contribution is -2.46. The van der Waals surface area contributed by atoms with Crippen LogP contribution in [0, 0.1) is 5.82 Å². The molecule has 6 heteroatoms. The zero-order valence-corrected chi connectivity index (χ0v) is 16.4. The second-order valence-corrected chi connectivity index (χ2v) is 6.92. The van der Waals surface area contributed by atoms with Crippen LogP contribution in [0.1, 0.15) is 19.8 Å². The summed E-state index contributed by atoms with van der Waals surface area (Å²) in [5.74, 6) is 0.283. The fourth-order valence-corrected chi connectivity index (χ4v) is 3.25. The molecule has 0 spiro atoms. The molecule has 0 radical (unpaired) electrons. The lowest BCUT2D eigenvalue weighted by atomic mass is 10.2. The van der Waals surface area contributed by atoms with E-state index in [9.17, 15) is 9.18 Å². The fraction of sp³-hybridized carbons (Fsp3) is 0.409. The molecule has 0 bridgehead atoms. The molecular weight excluding hydrogens is 357 g/mol. The summed E-state index contributed by atoms with van der Waals surface area (Å²) >= 11 is 0. The van der Waals surface area contributed by atoms with E-state index in [1.165, 1.54) is 17.8 Å². The molecule has 5 nitrogen and oxygen atoms in total. The first-order valence-corrected chi connectivity index (χ1v) is 9.89. The third kappa shape index (κ3) is 5.96. The van der Waals surface area contributed by atoms with E-state index in [4.69, 9.17) is 4.74 Å². The molecule has 1 N–H and O–H groups in total. The molecule has 1 heterocycles. The molecule has 0 aromatic heterocycles. The van der Waals surface area contributed by atoms with Gasteiger partial charge in [-0.25, -0.2) is 4.39 Å². The van der Waals surface area contributed by atoms with Crippen molar-refractivity contribution in [1.82, 2.24) is 4.90 Å². The van der Waals surface area contributed by atoms with Crippen LogP contribution < -0.4 is 15.0 Å². The molecule has 28 heavy (non-hydrogen) atoms. The monoisotopic (exact) mass is 385 g/mol. The maximum atomic E-state index is 12.8. The predicted molar refractivity (Wildman–Crippen MR) is 111 cm³/mol. The highest BCUT2D eigenvalue weighted by Gasteiger charge is 2.15. The number of anilines is 2. The normalized spacial score (nSPS) is 14.7. The number of hydrogen-bond donors (Lipinski definition) is 1. The molecule has 0 saturated carbocycles. The first-order valence-electron chi connectivity index (χ1n) is 9.89. The van der Waals surface area contributed by atoms with Crippen molar-refractivity contribution in [2.45, 2.75) is 19.8 Å². The Labute approximate surface area is 166 Å². The van der Waals surface area contributed by atoms with E-state index in [0.29, 0.717) is 25.2 Å². The van der Waals surface area contributed by atoms with Crippen LogP contribution in [0.25, 0.3) is 0 Å². The number of hydrogen-bond acceptors (Lipinski definition) is 4. The Kier molecular flexibility index (Phi) is 7.25. The molecule has 0 aliphatic carbocycles. The second kappa shape index (κ2) is 10.1. The number of ether oxygens (including phenoxy) is 1. The Morgan fingerprint density at radius 1 is 1.04 bits per heavy atom. The van der Waals surface area contributed by atoms with Crippen molar-refractivity contribution < 1.29 is 13.9 Å². The van der Waals surface area contributed by atoms with Crippen molar-refractivity contribution in [2.24, 2.45) is 0 Å². The Hall–Kier alpha value is -2.60. The van der Waals surface area contributed by atoms with Crippen LogP contribution in [0.2, 0.25) is 0 Å². The molecule has 1 aliphatic rings. The molecule has 2 aromatic rings. The minimum Gasteiger partial charge on any atom is -0.494 e. The van der Waals surface area contributed by atoms with Gasteiger partial charge in [-0.15, -0.1) is 0 Å². The van der Waals surface area contributed by atoms with Crippen molar-refractivity contribution in [3.8, 4) is 5.75 Å². The zero-order valence-electron chi connectivity index (χ0n) is 16.4. The minimum absolute atomic E-state index is 0.0352. The van der Waals surface area contributed by atoms with E-state index in [1.54, 1.807) is 12.1 Å². The average Bonchev–Trinajstić information content (AvgIpc) is 2.73. The van der Waals surface area contributed by atoms with Crippen LogP contribution in [0.4, 0.5) is 15.8 Å². The summed E-state index contributed by atoms with van der Waals surface area (Å²) in [5, 5.41) is 2.92. The third-order valence-corrected chi connectivity index (χ3v) is 4.97. The van der Waals surface area contributed by atoms with E-state index in [2.05, 4.69) is 34.2 Å². The van der Waals surface area contributed by atoms with Crippen molar-refractivity contribution in [3.05, 3.63) is 54.3 Å². The lowest BCUT2D eigenvalue weighted by molar-refractivity contribution is -0.116. The highest BCUT2D eigenvalue weighted by molar-refractivity contribution is 5.90.